The molecular formula is C21H29N3O4S. The minimum atomic E-state index is -3.71. The van der Waals surface area contributed by atoms with E-state index in [9.17, 15) is 18.3 Å². The van der Waals surface area contributed by atoms with E-state index in [1.165, 1.54) is 16.4 Å². The molecule has 2 rings (SSSR count). The maximum absolute atomic E-state index is 13.1. The molecule has 4 N–H and O–H groups in total. The number of sulfonamides is 1. The molecule has 0 aliphatic carbocycles. The standard InChI is InChI=1S/C21H29N3O4S/c1-16(2)15-24(29(27,28)20-10-8-18(22)9-11-20)13-12-19(23-21(25)26)14-17-6-4-3-5-7-17/h3-11,16,19,23H,12-15,22H2,1-2H3,(H,25,26). The van der Waals surface area contributed by atoms with Crippen molar-refractivity contribution in [1.82, 2.24) is 9.62 Å². The molecule has 0 spiro atoms. The van der Waals surface area contributed by atoms with Gasteiger partial charge in [0.25, 0.3) is 0 Å². The van der Waals surface area contributed by atoms with Crippen LogP contribution in [-0.2, 0) is 16.4 Å². The number of hydrogen-bond acceptors (Lipinski definition) is 4. The van der Waals surface area contributed by atoms with Crippen molar-refractivity contribution in [2.75, 3.05) is 18.8 Å². The van der Waals surface area contributed by atoms with Gasteiger partial charge in [-0.15, -0.1) is 0 Å². The van der Waals surface area contributed by atoms with Crippen LogP contribution in [-0.4, -0.2) is 43.1 Å². The monoisotopic (exact) mass is 419 g/mol. The number of nitrogens with two attached hydrogens (primary N) is 1. The maximum Gasteiger partial charge on any atom is 0.404 e. The van der Waals surface area contributed by atoms with Crippen LogP contribution < -0.4 is 11.1 Å². The molecule has 0 aliphatic rings. The van der Waals surface area contributed by atoms with E-state index in [1.807, 2.05) is 44.2 Å². The molecule has 0 bridgehead atoms. The molecule has 29 heavy (non-hydrogen) atoms. The molecule has 0 aliphatic heterocycles. The van der Waals surface area contributed by atoms with E-state index < -0.39 is 22.2 Å². The van der Waals surface area contributed by atoms with Gasteiger partial charge in [0.1, 0.15) is 0 Å². The summed E-state index contributed by atoms with van der Waals surface area (Å²) in [5.74, 6) is 0.124. The Bertz CT molecular complexity index is 884. The van der Waals surface area contributed by atoms with E-state index in [2.05, 4.69) is 5.32 Å². The molecule has 8 heteroatoms. The lowest BCUT2D eigenvalue weighted by Gasteiger charge is -2.26. The van der Waals surface area contributed by atoms with E-state index in [1.54, 1.807) is 12.1 Å². The van der Waals surface area contributed by atoms with Gasteiger partial charge in [-0.05, 0) is 48.6 Å². The first-order valence-electron chi connectivity index (χ1n) is 9.57. The molecule has 158 valence electrons. The van der Waals surface area contributed by atoms with Crippen LogP contribution in [0.1, 0.15) is 25.8 Å². The Morgan fingerprint density at radius 1 is 1.10 bits per heavy atom. The number of nitrogen functional groups attached to an aromatic ring is 1. The number of anilines is 1. The summed E-state index contributed by atoms with van der Waals surface area (Å²) in [6.45, 7) is 4.45. The molecule has 2 aromatic carbocycles. The Hall–Kier alpha value is -2.58. The number of nitrogens with one attached hydrogen (secondary N) is 1. The topological polar surface area (TPSA) is 113 Å². The molecule has 0 saturated carbocycles. The number of rotatable bonds is 10. The third-order valence-corrected chi connectivity index (χ3v) is 6.35. The van der Waals surface area contributed by atoms with Gasteiger partial charge >= 0.3 is 6.09 Å². The summed E-state index contributed by atoms with van der Waals surface area (Å²) in [5, 5.41) is 11.7. The molecule has 1 atom stereocenters. The van der Waals surface area contributed by atoms with E-state index >= 15 is 0 Å². The highest BCUT2D eigenvalue weighted by Gasteiger charge is 2.26. The first-order valence-corrected chi connectivity index (χ1v) is 11.0. The second-order valence-electron chi connectivity index (χ2n) is 7.45. The number of hydrogen-bond donors (Lipinski definition) is 3. The zero-order chi connectivity index (χ0) is 21.4. The highest BCUT2D eigenvalue weighted by atomic mass is 32.2. The zero-order valence-electron chi connectivity index (χ0n) is 16.8. The highest BCUT2D eigenvalue weighted by Crippen LogP contribution is 2.20. The average Bonchev–Trinajstić information content (AvgIpc) is 2.65. The van der Waals surface area contributed by atoms with Crippen LogP contribution in [0.15, 0.2) is 59.5 Å². The second kappa shape index (κ2) is 10.3. The first kappa shape index (κ1) is 22.7. The lowest BCUT2D eigenvalue weighted by Crippen LogP contribution is -2.41. The van der Waals surface area contributed by atoms with Crippen LogP contribution in [0, 0.1) is 5.92 Å². The summed E-state index contributed by atoms with van der Waals surface area (Å²) in [7, 11) is -3.71. The normalized spacial score (nSPS) is 12.8. The van der Waals surface area contributed by atoms with Gasteiger partial charge in [-0.2, -0.15) is 4.31 Å². The fourth-order valence-electron chi connectivity index (χ4n) is 3.10. The van der Waals surface area contributed by atoms with Gasteiger partial charge in [0.2, 0.25) is 10.0 Å². The molecule has 0 heterocycles. The summed E-state index contributed by atoms with van der Waals surface area (Å²) in [6, 6.07) is 15.2. The van der Waals surface area contributed by atoms with E-state index in [4.69, 9.17) is 5.73 Å². The van der Waals surface area contributed by atoms with Crippen LogP contribution in [0.25, 0.3) is 0 Å². The Balaban J connectivity index is 2.18. The fourth-order valence-corrected chi connectivity index (χ4v) is 4.72. The Kier molecular flexibility index (Phi) is 8.04. The van der Waals surface area contributed by atoms with E-state index in [0.29, 0.717) is 25.1 Å². The van der Waals surface area contributed by atoms with Crippen molar-refractivity contribution in [3.8, 4) is 0 Å². The van der Waals surface area contributed by atoms with Crippen LogP contribution in [0.4, 0.5) is 10.5 Å². The number of carbonyl (C=O) groups is 1. The van der Waals surface area contributed by atoms with Crippen molar-refractivity contribution >= 4 is 21.8 Å². The molecule has 1 amide bonds. The summed E-state index contributed by atoms with van der Waals surface area (Å²) in [6.07, 6.45) is -0.269. The van der Waals surface area contributed by atoms with Gasteiger partial charge < -0.3 is 16.2 Å². The highest BCUT2D eigenvalue weighted by molar-refractivity contribution is 7.89. The van der Waals surface area contributed by atoms with E-state index in [0.717, 1.165) is 5.56 Å². The summed E-state index contributed by atoms with van der Waals surface area (Å²) in [4.78, 5) is 11.4. The van der Waals surface area contributed by atoms with Crippen LogP contribution >= 0.6 is 0 Å². The van der Waals surface area contributed by atoms with E-state index in [-0.39, 0.29) is 17.4 Å². The number of benzene rings is 2. The SMILES string of the molecule is CC(C)CN(CCC(Cc1ccccc1)NC(=O)O)S(=O)(=O)c1ccc(N)cc1. The van der Waals surface area contributed by atoms with Crippen molar-refractivity contribution in [3.05, 3.63) is 60.2 Å². The minimum absolute atomic E-state index is 0.124. The van der Waals surface area contributed by atoms with Crippen molar-refractivity contribution in [3.63, 3.8) is 0 Å². The van der Waals surface area contributed by atoms with Gasteiger partial charge in [-0.1, -0.05) is 44.2 Å². The van der Waals surface area contributed by atoms with Gasteiger partial charge in [-0.25, -0.2) is 13.2 Å². The maximum atomic E-state index is 13.1. The Morgan fingerprint density at radius 2 is 1.72 bits per heavy atom. The van der Waals surface area contributed by atoms with Crippen molar-refractivity contribution in [1.29, 1.82) is 0 Å². The second-order valence-corrected chi connectivity index (χ2v) is 9.39. The Morgan fingerprint density at radius 3 is 2.28 bits per heavy atom. The smallest absolute Gasteiger partial charge is 0.404 e. The largest absolute Gasteiger partial charge is 0.465 e. The molecule has 0 saturated heterocycles. The first-order chi connectivity index (χ1) is 13.7. The average molecular weight is 420 g/mol. The van der Waals surface area contributed by atoms with Gasteiger partial charge in [-0.3, -0.25) is 0 Å². The molecule has 2 aromatic rings. The van der Waals surface area contributed by atoms with Crippen molar-refractivity contribution < 1.29 is 18.3 Å². The third kappa shape index (κ3) is 7.07. The Labute approximate surface area is 172 Å². The van der Waals surface area contributed by atoms with Crippen LogP contribution in [0.3, 0.4) is 0 Å². The predicted molar refractivity (Wildman–Crippen MR) is 114 cm³/mol. The van der Waals surface area contributed by atoms with Crippen LogP contribution in [0.2, 0.25) is 0 Å². The fraction of sp³-hybridized carbons (Fsp3) is 0.381. The zero-order valence-corrected chi connectivity index (χ0v) is 17.6. The third-order valence-electron chi connectivity index (χ3n) is 4.47. The predicted octanol–water partition coefficient (Wildman–Crippen LogP) is 3.18. The number of amides is 1. The number of carboxylic acid groups (broad SMARTS) is 1. The quantitative estimate of drug-likeness (QED) is 0.512. The van der Waals surface area contributed by atoms with Gasteiger partial charge in [0.15, 0.2) is 0 Å². The van der Waals surface area contributed by atoms with Crippen molar-refractivity contribution in [2.45, 2.75) is 37.6 Å². The number of nitrogens with zero attached hydrogens (tertiary/aromatic N) is 1. The molecular weight excluding hydrogens is 390 g/mol. The molecule has 0 aromatic heterocycles. The van der Waals surface area contributed by atoms with Gasteiger partial charge in [0, 0.05) is 24.8 Å². The molecule has 0 fully saturated rings. The summed E-state index contributed by atoms with van der Waals surface area (Å²) < 4.78 is 27.7. The lowest BCUT2D eigenvalue weighted by atomic mass is 10.0. The minimum Gasteiger partial charge on any atom is -0.465 e. The molecule has 0 radical (unpaired) electrons. The van der Waals surface area contributed by atoms with Crippen LogP contribution in [0.5, 0.6) is 0 Å². The molecule has 7 nitrogen and oxygen atoms in total. The molecule has 1 unspecified atom stereocenters. The summed E-state index contributed by atoms with van der Waals surface area (Å²) in [5.41, 5.74) is 7.15. The van der Waals surface area contributed by atoms with Gasteiger partial charge in [0.05, 0.1) is 4.90 Å². The summed E-state index contributed by atoms with van der Waals surface area (Å²) >= 11 is 0. The lowest BCUT2D eigenvalue weighted by molar-refractivity contribution is 0.188. The van der Waals surface area contributed by atoms with Crippen molar-refractivity contribution in [2.24, 2.45) is 5.92 Å².